The largest absolute Gasteiger partial charge is 0.463 e. The minimum atomic E-state index is -3.90. The summed E-state index contributed by atoms with van der Waals surface area (Å²) >= 11 is 0. The number of ether oxygens (including phenoxy) is 1. The van der Waals surface area contributed by atoms with Crippen molar-refractivity contribution in [2.45, 2.75) is 18.7 Å². The molecule has 4 rings (SSSR count). The third-order valence-electron chi connectivity index (χ3n) is 5.29. The van der Waals surface area contributed by atoms with Gasteiger partial charge in [-0.25, -0.2) is 4.79 Å². The molecule has 0 saturated heterocycles. The Balaban J connectivity index is 1.84. The summed E-state index contributed by atoms with van der Waals surface area (Å²) in [5.74, 6) is -0.521. The lowest BCUT2D eigenvalue weighted by Gasteiger charge is -2.30. The van der Waals surface area contributed by atoms with E-state index in [0.717, 1.165) is 27.8 Å². The maximum atomic E-state index is 12.9. The van der Waals surface area contributed by atoms with Crippen LogP contribution in [-0.2, 0) is 19.6 Å². The van der Waals surface area contributed by atoms with Gasteiger partial charge in [0.1, 0.15) is 5.71 Å². The van der Waals surface area contributed by atoms with E-state index in [0.29, 0.717) is 11.3 Å². The number of carbonyl (C=O) groups is 1. The maximum Gasteiger partial charge on any atom is 0.331 e. The molecule has 0 amide bonds. The molecule has 6 nitrogen and oxygen atoms in total. The monoisotopic (exact) mass is 472 g/mol. The van der Waals surface area contributed by atoms with Gasteiger partial charge in [-0.2, -0.15) is 18.4 Å². The van der Waals surface area contributed by atoms with Gasteiger partial charge < -0.3 is 4.74 Å². The van der Waals surface area contributed by atoms with Gasteiger partial charge in [0.05, 0.1) is 11.5 Å². The summed E-state index contributed by atoms with van der Waals surface area (Å²) in [4.78, 5) is 14.8. The second-order valence-corrected chi connectivity index (χ2v) is 9.32. The predicted molar refractivity (Wildman–Crippen MR) is 133 cm³/mol. The van der Waals surface area contributed by atoms with E-state index >= 15 is 0 Å². The molecule has 0 fully saturated rings. The number of aryl methyl sites for hydroxylation is 1. The summed E-state index contributed by atoms with van der Waals surface area (Å²) in [6.07, 6.45) is 1.36. The molecule has 0 aliphatic heterocycles. The number of allylic oxidation sites excluding steroid dienone is 3. The Bertz CT molecular complexity index is 1390. The molecule has 0 bridgehead atoms. The average molecular weight is 473 g/mol. The van der Waals surface area contributed by atoms with E-state index in [4.69, 9.17) is 4.74 Å². The number of nitrogens with one attached hydrogen (secondary N) is 1. The first-order valence-electron chi connectivity index (χ1n) is 10.8. The lowest BCUT2D eigenvalue weighted by molar-refractivity contribution is -0.137. The van der Waals surface area contributed by atoms with Crippen LogP contribution in [0.5, 0.6) is 0 Å². The van der Waals surface area contributed by atoms with Gasteiger partial charge in [-0.15, -0.1) is 0 Å². The van der Waals surface area contributed by atoms with E-state index in [1.54, 1.807) is 19.1 Å². The summed E-state index contributed by atoms with van der Waals surface area (Å²) in [5, 5.41) is 4.27. The Labute approximate surface area is 199 Å². The summed E-state index contributed by atoms with van der Waals surface area (Å²) < 4.78 is 30.9. The minimum Gasteiger partial charge on any atom is -0.463 e. The van der Waals surface area contributed by atoms with Crippen molar-refractivity contribution in [2.24, 2.45) is 5.10 Å². The quantitative estimate of drug-likeness (QED) is 0.306. The Morgan fingerprint density at radius 1 is 0.882 bits per heavy atom. The zero-order chi connectivity index (χ0) is 24.1. The average Bonchev–Trinajstić information content (AvgIpc) is 2.83. The molecule has 0 heterocycles. The normalized spacial score (nSPS) is 15.8. The first-order chi connectivity index (χ1) is 16.4. The lowest BCUT2D eigenvalue weighted by atomic mass is 9.74. The smallest absolute Gasteiger partial charge is 0.331 e. The van der Waals surface area contributed by atoms with Crippen LogP contribution in [0.2, 0.25) is 0 Å². The number of benzene rings is 3. The van der Waals surface area contributed by atoms with E-state index in [9.17, 15) is 13.2 Å². The van der Waals surface area contributed by atoms with Crippen LogP contribution < -0.4 is 4.83 Å². The first kappa shape index (κ1) is 23.2. The number of hydrogen-bond acceptors (Lipinski definition) is 5. The highest BCUT2D eigenvalue weighted by molar-refractivity contribution is 7.89. The van der Waals surface area contributed by atoms with Crippen molar-refractivity contribution in [1.29, 1.82) is 0 Å². The number of hydrazone groups is 1. The lowest BCUT2D eigenvalue weighted by Crippen LogP contribution is -2.27. The SMILES string of the molecule is CCOC(=O)/C=C1C(c2ccccc2)=C(c2ccccc2)C/1=N/NS(=O)(=O)c1ccc(C)cc1. The number of nitrogens with zero attached hydrogens (tertiary/aromatic N) is 1. The van der Waals surface area contributed by atoms with Crippen LogP contribution in [0.1, 0.15) is 23.6 Å². The van der Waals surface area contributed by atoms with Crippen LogP contribution in [-0.4, -0.2) is 26.7 Å². The van der Waals surface area contributed by atoms with Gasteiger partial charge in [-0.1, -0.05) is 78.4 Å². The Morgan fingerprint density at radius 3 is 2.00 bits per heavy atom. The van der Waals surface area contributed by atoms with Crippen molar-refractivity contribution in [3.8, 4) is 0 Å². The Morgan fingerprint density at radius 2 is 1.44 bits per heavy atom. The molecular formula is C27H24N2O4S. The van der Waals surface area contributed by atoms with E-state index in [2.05, 4.69) is 9.93 Å². The van der Waals surface area contributed by atoms with Crippen molar-refractivity contribution in [3.63, 3.8) is 0 Å². The van der Waals surface area contributed by atoms with Crippen molar-refractivity contribution >= 4 is 32.9 Å². The predicted octanol–water partition coefficient (Wildman–Crippen LogP) is 4.74. The molecule has 0 spiro atoms. The van der Waals surface area contributed by atoms with Gasteiger partial charge in [-0.05, 0) is 37.1 Å². The molecule has 0 aromatic heterocycles. The summed E-state index contributed by atoms with van der Waals surface area (Å²) in [5.41, 5.74) is 5.12. The molecule has 0 radical (unpaired) electrons. The molecule has 1 N–H and O–H groups in total. The van der Waals surface area contributed by atoms with Crippen molar-refractivity contribution in [2.75, 3.05) is 6.61 Å². The topological polar surface area (TPSA) is 84.8 Å². The zero-order valence-corrected chi connectivity index (χ0v) is 19.7. The molecule has 172 valence electrons. The van der Waals surface area contributed by atoms with E-state index in [-0.39, 0.29) is 11.5 Å². The van der Waals surface area contributed by atoms with Gasteiger partial charge in [0.15, 0.2) is 0 Å². The molecule has 3 aromatic carbocycles. The number of hydrogen-bond donors (Lipinski definition) is 1. The molecule has 0 saturated carbocycles. The number of esters is 1. The van der Waals surface area contributed by atoms with Gasteiger partial charge in [0.2, 0.25) is 0 Å². The van der Waals surface area contributed by atoms with Crippen molar-refractivity contribution < 1.29 is 17.9 Å². The van der Waals surface area contributed by atoms with E-state index in [1.165, 1.54) is 18.2 Å². The molecule has 0 atom stereocenters. The third-order valence-corrected chi connectivity index (χ3v) is 6.52. The zero-order valence-electron chi connectivity index (χ0n) is 18.9. The molecule has 1 aliphatic rings. The summed E-state index contributed by atoms with van der Waals surface area (Å²) in [6.45, 7) is 3.84. The van der Waals surface area contributed by atoms with Crippen molar-refractivity contribution in [1.82, 2.24) is 4.83 Å². The van der Waals surface area contributed by atoms with Crippen LogP contribution in [0.4, 0.5) is 0 Å². The maximum absolute atomic E-state index is 12.9. The molecular weight excluding hydrogens is 448 g/mol. The van der Waals surface area contributed by atoms with E-state index < -0.39 is 16.0 Å². The molecule has 3 aromatic rings. The number of carbonyl (C=O) groups excluding carboxylic acids is 1. The van der Waals surface area contributed by atoms with Crippen LogP contribution in [0.25, 0.3) is 11.1 Å². The van der Waals surface area contributed by atoms with Crippen LogP contribution in [0.3, 0.4) is 0 Å². The second-order valence-electron chi connectivity index (χ2n) is 7.66. The highest BCUT2D eigenvalue weighted by Gasteiger charge is 2.34. The van der Waals surface area contributed by atoms with Gasteiger partial charge in [-0.3, -0.25) is 0 Å². The molecule has 0 unspecified atom stereocenters. The second kappa shape index (κ2) is 9.89. The van der Waals surface area contributed by atoms with Gasteiger partial charge in [0.25, 0.3) is 10.0 Å². The third kappa shape index (κ3) is 4.84. The molecule has 1 aliphatic carbocycles. The highest BCUT2D eigenvalue weighted by atomic mass is 32.2. The standard InChI is InChI=1S/C27H24N2O4S/c1-3-33-24(30)18-23-25(20-10-6-4-7-11-20)26(21-12-8-5-9-13-21)27(23)28-29-34(31,32)22-16-14-19(2)15-17-22/h4-18,29H,3H2,1-2H3/b23-18-,28-27+. The van der Waals surface area contributed by atoms with Crippen molar-refractivity contribution in [3.05, 3.63) is 113 Å². The summed E-state index contributed by atoms with van der Waals surface area (Å²) in [7, 11) is -3.90. The van der Waals surface area contributed by atoms with Crippen LogP contribution in [0.15, 0.2) is 107 Å². The molecule has 7 heteroatoms. The highest BCUT2D eigenvalue weighted by Crippen LogP contribution is 2.44. The number of sulfonamides is 1. The number of rotatable bonds is 7. The van der Waals surface area contributed by atoms with Gasteiger partial charge in [0, 0.05) is 22.8 Å². The fourth-order valence-electron chi connectivity index (χ4n) is 3.67. The minimum absolute atomic E-state index is 0.103. The van der Waals surface area contributed by atoms with Crippen LogP contribution >= 0.6 is 0 Å². The fraction of sp³-hybridized carbons (Fsp3) is 0.111. The Hall–Kier alpha value is -3.97. The molecule has 34 heavy (non-hydrogen) atoms. The Kier molecular flexibility index (Phi) is 6.75. The van der Waals surface area contributed by atoms with Gasteiger partial charge >= 0.3 is 5.97 Å². The van der Waals surface area contributed by atoms with E-state index in [1.807, 2.05) is 67.6 Å². The first-order valence-corrected chi connectivity index (χ1v) is 12.3. The van der Waals surface area contributed by atoms with Crippen LogP contribution in [0, 0.1) is 6.92 Å². The fourth-order valence-corrected chi connectivity index (χ4v) is 4.48. The summed E-state index contributed by atoms with van der Waals surface area (Å²) in [6, 6.07) is 25.6.